The van der Waals surface area contributed by atoms with Gasteiger partial charge in [-0.1, -0.05) is 0 Å². The topological polar surface area (TPSA) is 80.6 Å². The normalized spacial score (nSPS) is 15.4. The minimum absolute atomic E-state index is 0.295. The summed E-state index contributed by atoms with van der Waals surface area (Å²) < 4.78 is 7.26. The maximum atomic E-state index is 12.7. The van der Waals surface area contributed by atoms with Crippen molar-refractivity contribution in [2.45, 2.75) is 33.7 Å². The molecular formula is C22H25N3O4S. The van der Waals surface area contributed by atoms with Gasteiger partial charge in [-0.2, -0.15) is 0 Å². The van der Waals surface area contributed by atoms with Crippen LogP contribution in [0, 0.1) is 13.8 Å². The predicted molar refractivity (Wildman–Crippen MR) is 119 cm³/mol. The maximum Gasteiger partial charge on any atom is 0.294 e. The summed E-state index contributed by atoms with van der Waals surface area (Å²) in [5, 5.41) is 2.24. The maximum absolute atomic E-state index is 12.7. The number of aromatic nitrogens is 1. The molecule has 8 heteroatoms. The number of methoxy groups -OCH3 is 1. The molecular weight excluding hydrogens is 402 g/mol. The van der Waals surface area contributed by atoms with Crippen molar-refractivity contribution < 1.29 is 19.1 Å². The average molecular weight is 428 g/mol. The van der Waals surface area contributed by atoms with E-state index in [-0.39, 0.29) is 6.54 Å². The zero-order chi connectivity index (χ0) is 22.0. The number of hydrogen-bond acceptors (Lipinski definition) is 5. The molecule has 3 rings (SSSR count). The van der Waals surface area contributed by atoms with Gasteiger partial charge in [0, 0.05) is 23.1 Å². The van der Waals surface area contributed by atoms with E-state index in [2.05, 4.69) is 23.7 Å². The molecule has 3 amide bonds. The number of hydrogen-bond donors (Lipinski definition) is 1. The molecule has 0 saturated carbocycles. The summed E-state index contributed by atoms with van der Waals surface area (Å²) >= 11 is 0.855. The Bertz CT molecular complexity index is 1020. The van der Waals surface area contributed by atoms with E-state index in [1.165, 1.54) is 0 Å². The van der Waals surface area contributed by atoms with Gasteiger partial charge in [-0.15, -0.1) is 0 Å². The molecule has 30 heavy (non-hydrogen) atoms. The van der Waals surface area contributed by atoms with Gasteiger partial charge >= 0.3 is 0 Å². The van der Waals surface area contributed by atoms with Gasteiger partial charge < -0.3 is 14.6 Å². The highest BCUT2D eigenvalue weighted by Crippen LogP contribution is 2.33. The Kier molecular flexibility index (Phi) is 6.36. The van der Waals surface area contributed by atoms with Crippen molar-refractivity contribution in [3.05, 3.63) is 52.2 Å². The number of imide groups is 1. The molecule has 0 atom stereocenters. The Morgan fingerprint density at radius 2 is 1.87 bits per heavy atom. The fraction of sp³-hybridized carbons (Fsp3) is 0.318. The van der Waals surface area contributed by atoms with E-state index >= 15 is 0 Å². The Hall–Kier alpha value is -3.00. The molecule has 1 N–H and O–H groups in total. The number of aryl methyl sites for hydroxylation is 1. The number of nitrogens with one attached hydrogen (secondary N) is 1. The molecule has 1 aromatic carbocycles. The SMILES string of the molecule is COc1ccc(NC(=O)CN2C(=O)S/C(=C/c3cc(C)n(C(C)C)c3C)C2=O)cc1. The van der Waals surface area contributed by atoms with E-state index in [0.717, 1.165) is 33.6 Å². The molecule has 2 heterocycles. The van der Waals surface area contributed by atoms with Crippen molar-refractivity contribution in [1.29, 1.82) is 0 Å². The Morgan fingerprint density at radius 3 is 2.43 bits per heavy atom. The monoisotopic (exact) mass is 427 g/mol. The molecule has 1 fully saturated rings. The second-order valence-electron chi connectivity index (χ2n) is 7.33. The van der Waals surface area contributed by atoms with Gasteiger partial charge in [0.25, 0.3) is 11.1 Å². The van der Waals surface area contributed by atoms with Gasteiger partial charge in [-0.05, 0) is 81.4 Å². The molecule has 2 aromatic rings. The van der Waals surface area contributed by atoms with Crippen LogP contribution in [0.15, 0.2) is 35.2 Å². The molecule has 0 unspecified atom stereocenters. The van der Waals surface area contributed by atoms with Gasteiger partial charge in [-0.3, -0.25) is 19.3 Å². The number of rotatable bonds is 6. The first-order chi connectivity index (χ1) is 14.2. The lowest BCUT2D eigenvalue weighted by Gasteiger charge is -2.13. The highest BCUT2D eigenvalue weighted by Gasteiger charge is 2.36. The molecule has 1 saturated heterocycles. The first kappa shape index (κ1) is 21.7. The number of thioether (sulfide) groups is 1. The van der Waals surface area contributed by atoms with Crippen molar-refractivity contribution in [2.24, 2.45) is 0 Å². The number of benzene rings is 1. The first-order valence-electron chi connectivity index (χ1n) is 9.59. The van der Waals surface area contributed by atoms with Gasteiger partial charge in [-0.25, -0.2) is 0 Å². The van der Waals surface area contributed by atoms with Crippen molar-refractivity contribution in [3.63, 3.8) is 0 Å². The van der Waals surface area contributed by atoms with Crippen LogP contribution in [0.2, 0.25) is 0 Å². The van der Waals surface area contributed by atoms with Crippen LogP contribution in [-0.2, 0) is 9.59 Å². The van der Waals surface area contributed by atoms with Crippen LogP contribution in [0.4, 0.5) is 10.5 Å². The second kappa shape index (κ2) is 8.79. The summed E-state index contributed by atoms with van der Waals surface area (Å²) in [5.74, 6) is -0.230. The summed E-state index contributed by atoms with van der Waals surface area (Å²) in [5.41, 5.74) is 3.58. The lowest BCUT2D eigenvalue weighted by Crippen LogP contribution is -2.36. The van der Waals surface area contributed by atoms with E-state index in [4.69, 9.17) is 4.74 Å². The van der Waals surface area contributed by atoms with Crippen molar-refractivity contribution in [3.8, 4) is 5.75 Å². The molecule has 0 spiro atoms. The Morgan fingerprint density at radius 1 is 1.20 bits per heavy atom. The summed E-state index contributed by atoms with van der Waals surface area (Å²) in [6.45, 7) is 7.86. The second-order valence-corrected chi connectivity index (χ2v) is 8.33. The van der Waals surface area contributed by atoms with Crippen LogP contribution in [0.3, 0.4) is 0 Å². The minimum atomic E-state index is -0.454. The predicted octanol–water partition coefficient (Wildman–Crippen LogP) is 4.37. The molecule has 7 nitrogen and oxygen atoms in total. The lowest BCUT2D eigenvalue weighted by atomic mass is 10.2. The van der Waals surface area contributed by atoms with Crippen LogP contribution in [0.5, 0.6) is 5.75 Å². The average Bonchev–Trinajstić information content (AvgIpc) is 3.12. The largest absolute Gasteiger partial charge is 0.497 e. The van der Waals surface area contributed by atoms with Gasteiger partial charge in [0.2, 0.25) is 5.91 Å². The molecule has 0 aliphatic carbocycles. The van der Waals surface area contributed by atoms with Crippen molar-refractivity contribution in [2.75, 3.05) is 19.0 Å². The van der Waals surface area contributed by atoms with Crippen LogP contribution in [0.25, 0.3) is 6.08 Å². The van der Waals surface area contributed by atoms with Crippen molar-refractivity contribution in [1.82, 2.24) is 9.47 Å². The summed E-state index contributed by atoms with van der Waals surface area (Å²) in [6, 6.07) is 9.10. The summed E-state index contributed by atoms with van der Waals surface area (Å²) in [4.78, 5) is 38.7. The van der Waals surface area contributed by atoms with E-state index in [1.54, 1.807) is 37.5 Å². The smallest absolute Gasteiger partial charge is 0.294 e. The van der Waals surface area contributed by atoms with Crippen LogP contribution in [-0.4, -0.2) is 40.2 Å². The Labute approximate surface area is 180 Å². The van der Waals surface area contributed by atoms with Crippen LogP contribution in [0.1, 0.15) is 36.8 Å². The van der Waals surface area contributed by atoms with Gasteiger partial charge in [0.05, 0.1) is 12.0 Å². The van der Waals surface area contributed by atoms with E-state index in [9.17, 15) is 14.4 Å². The zero-order valence-electron chi connectivity index (χ0n) is 17.7. The third kappa shape index (κ3) is 4.43. The fourth-order valence-electron chi connectivity index (χ4n) is 3.54. The minimum Gasteiger partial charge on any atom is -0.497 e. The number of ether oxygens (including phenoxy) is 1. The van der Waals surface area contributed by atoms with Crippen LogP contribution >= 0.6 is 11.8 Å². The lowest BCUT2D eigenvalue weighted by molar-refractivity contribution is -0.127. The molecule has 0 bridgehead atoms. The van der Waals surface area contributed by atoms with E-state index in [1.807, 2.05) is 19.9 Å². The fourth-order valence-corrected chi connectivity index (χ4v) is 4.37. The number of nitrogens with zero attached hydrogens (tertiary/aromatic N) is 2. The third-order valence-corrected chi connectivity index (χ3v) is 5.78. The first-order valence-corrected chi connectivity index (χ1v) is 10.4. The van der Waals surface area contributed by atoms with Crippen LogP contribution < -0.4 is 10.1 Å². The zero-order valence-corrected chi connectivity index (χ0v) is 18.5. The highest BCUT2D eigenvalue weighted by molar-refractivity contribution is 8.18. The molecule has 1 aliphatic heterocycles. The number of amides is 3. The Balaban J connectivity index is 1.72. The quantitative estimate of drug-likeness (QED) is 0.693. The van der Waals surface area contributed by atoms with E-state index < -0.39 is 17.1 Å². The number of anilines is 1. The highest BCUT2D eigenvalue weighted by atomic mass is 32.2. The van der Waals surface area contributed by atoms with Gasteiger partial charge in [0.15, 0.2) is 0 Å². The standard InChI is InChI=1S/C22H25N3O4S/c1-13(2)25-14(3)10-16(15(25)4)11-19-21(27)24(22(28)30-19)12-20(26)23-17-6-8-18(29-5)9-7-17/h6-11,13H,12H2,1-5H3,(H,23,26)/b19-11+. The molecule has 158 valence electrons. The molecule has 0 radical (unpaired) electrons. The van der Waals surface area contributed by atoms with E-state index in [0.29, 0.717) is 22.4 Å². The summed E-state index contributed by atoms with van der Waals surface area (Å²) in [6.07, 6.45) is 1.73. The number of carbonyl (C=O) groups is 3. The number of carbonyl (C=O) groups excluding carboxylic acids is 3. The molecule has 1 aliphatic rings. The third-order valence-electron chi connectivity index (χ3n) is 4.88. The molecule has 1 aromatic heterocycles. The van der Waals surface area contributed by atoms with Gasteiger partial charge in [0.1, 0.15) is 12.3 Å². The van der Waals surface area contributed by atoms with Crippen molar-refractivity contribution >= 4 is 40.6 Å². The summed E-state index contributed by atoms with van der Waals surface area (Å²) in [7, 11) is 1.56.